The Labute approximate surface area is 59.6 Å². The van der Waals surface area contributed by atoms with Gasteiger partial charge in [-0.1, -0.05) is 0 Å². The lowest BCUT2D eigenvalue weighted by Gasteiger charge is -1.91. The SMILES string of the molecule is CC(N)=Nc1ccncc1. The average Bonchev–Trinajstić information content (AvgIpc) is 1.88. The van der Waals surface area contributed by atoms with Crippen molar-refractivity contribution < 1.29 is 0 Å². The van der Waals surface area contributed by atoms with E-state index in [1.165, 1.54) is 0 Å². The van der Waals surface area contributed by atoms with Crippen LogP contribution in [0.5, 0.6) is 0 Å². The maximum atomic E-state index is 5.35. The predicted octanol–water partition coefficient (Wildman–Crippen LogP) is 1.09. The van der Waals surface area contributed by atoms with Gasteiger partial charge in [-0.3, -0.25) is 4.98 Å². The van der Waals surface area contributed by atoms with Crippen LogP contribution >= 0.6 is 0 Å². The molecule has 0 spiro atoms. The topological polar surface area (TPSA) is 51.3 Å². The fourth-order valence-corrected chi connectivity index (χ4v) is 0.622. The van der Waals surface area contributed by atoms with Crippen molar-refractivity contribution in [3.8, 4) is 0 Å². The van der Waals surface area contributed by atoms with E-state index < -0.39 is 0 Å². The van der Waals surface area contributed by atoms with Crippen LogP contribution in [0.2, 0.25) is 0 Å². The van der Waals surface area contributed by atoms with Gasteiger partial charge in [-0.2, -0.15) is 0 Å². The molecule has 3 heteroatoms. The van der Waals surface area contributed by atoms with Gasteiger partial charge in [0.05, 0.1) is 11.5 Å². The first-order valence-electron chi connectivity index (χ1n) is 3.00. The van der Waals surface area contributed by atoms with Crippen molar-refractivity contribution in [1.29, 1.82) is 0 Å². The van der Waals surface area contributed by atoms with Crippen LogP contribution in [0.3, 0.4) is 0 Å². The Bertz CT molecular complexity index is 224. The van der Waals surface area contributed by atoms with E-state index in [9.17, 15) is 0 Å². The molecule has 0 aliphatic heterocycles. The minimum Gasteiger partial charge on any atom is -0.387 e. The molecule has 0 unspecified atom stereocenters. The molecule has 1 heterocycles. The van der Waals surface area contributed by atoms with Crippen LogP contribution in [0.1, 0.15) is 6.92 Å². The van der Waals surface area contributed by atoms with Crippen molar-refractivity contribution in [2.24, 2.45) is 10.7 Å². The third kappa shape index (κ3) is 1.85. The molecule has 1 aromatic rings. The molecule has 10 heavy (non-hydrogen) atoms. The molecule has 0 saturated heterocycles. The van der Waals surface area contributed by atoms with Crippen molar-refractivity contribution in [1.82, 2.24) is 4.98 Å². The lowest BCUT2D eigenvalue weighted by Crippen LogP contribution is -2.03. The Morgan fingerprint density at radius 1 is 1.50 bits per heavy atom. The first-order valence-corrected chi connectivity index (χ1v) is 3.00. The largest absolute Gasteiger partial charge is 0.387 e. The molecule has 0 aliphatic carbocycles. The van der Waals surface area contributed by atoms with Crippen molar-refractivity contribution >= 4 is 11.5 Å². The minimum absolute atomic E-state index is 0.561. The van der Waals surface area contributed by atoms with Gasteiger partial charge in [-0.05, 0) is 19.1 Å². The lowest BCUT2D eigenvalue weighted by molar-refractivity contribution is 1.31. The van der Waals surface area contributed by atoms with Crippen molar-refractivity contribution in [3.05, 3.63) is 24.5 Å². The smallest absolute Gasteiger partial charge is 0.0964 e. The van der Waals surface area contributed by atoms with Gasteiger partial charge in [-0.15, -0.1) is 0 Å². The second kappa shape index (κ2) is 2.96. The first-order chi connectivity index (χ1) is 4.79. The van der Waals surface area contributed by atoms with E-state index in [4.69, 9.17) is 5.73 Å². The van der Waals surface area contributed by atoms with E-state index in [0.29, 0.717) is 5.84 Å². The quantitative estimate of drug-likeness (QED) is 0.463. The standard InChI is InChI=1S/C7H9N3/c1-6(8)10-7-2-4-9-5-3-7/h2-5H,1H3,(H2,8,9,10). The second-order valence-corrected chi connectivity index (χ2v) is 1.96. The monoisotopic (exact) mass is 135 g/mol. The molecule has 1 aromatic heterocycles. The predicted molar refractivity (Wildman–Crippen MR) is 41.2 cm³/mol. The number of rotatable bonds is 1. The summed E-state index contributed by atoms with van der Waals surface area (Å²) in [5, 5.41) is 0. The Balaban J connectivity index is 2.87. The zero-order valence-corrected chi connectivity index (χ0v) is 5.78. The summed E-state index contributed by atoms with van der Waals surface area (Å²) in [4.78, 5) is 7.86. The van der Waals surface area contributed by atoms with Crippen LogP contribution in [0, 0.1) is 0 Å². The molecule has 0 aromatic carbocycles. The summed E-state index contributed by atoms with van der Waals surface area (Å²) < 4.78 is 0. The fraction of sp³-hybridized carbons (Fsp3) is 0.143. The number of aliphatic imine (C=N–C) groups is 1. The first kappa shape index (κ1) is 6.74. The third-order valence-electron chi connectivity index (χ3n) is 0.968. The molecular formula is C7H9N3. The molecule has 0 amide bonds. The number of nitrogens with zero attached hydrogens (tertiary/aromatic N) is 2. The summed E-state index contributed by atoms with van der Waals surface area (Å²) in [5.74, 6) is 0.561. The maximum absolute atomic E-state index is 5.35. The third-order valence-corrected chi connectivity index (χ3v) is 0.968. The van der Waals surface area contributed by atoms with E-state index >= 15 is 0 Å². The van der Waals surface area contributed by atoms with Crippen LogP contribution < -0.4 is 5.73 Å². The zero-order chi connectivity index (χ0) is 7.40. The van der Waals surface area contributed by atoms with E-state index in [1.54, 1.807) is 31.5 Å². The molecule has 1 rings (SSSR count). The number of aromatic nitrogens is 1. The number of amidine groups is 1. The Hall–Kier alpha value is -1.38. The molecule has 0 radical (unpaired) electrons. The Morgan fingerprint density at radius 3 is 2.60 bits per heavy atom. The van der Waals surface area contributed by atoms with Gasteiger partial charge in [0.2, 0.25) is 0 Å². The Kier molecular flexibility index (Phi) is 1.99. The summed E-state index contributed by atoms with van der Waals surface area (Å²) in [6.45, 7) is 1.75. The van der Waals surface area contributed by atoms with E-state index in [-0.39, 0.29) is 0 Å². The number of hydrogen-bond acceptors (Lipinski definition) is 2. The van der Waals surface area contributed by atoms with Crippen LogP contribution in [-0.2, 0) is 0 Å². The molecule has 0 fully saturated rings. The summed E-state index contributed by atoms with van der Waals surface area (Å²) in [7, 11) is 0. The van der Waals surface area contributed by atoms with Gasteiger partial charge in [0, 0.05) is 12.4 Å². The van der Waals surface area contributed by atoms with Crippen LogP contribution in [0.4, 0.5) is 5.69 Å². The van der Waals surface area contributed by atoms with Crippen LogP contribution in [0.25, 0.3) is 0 Å². The van der Waals surface area contributed by atoms with E-state index in [1.807, 2.05) is 0 Å². The van der Waals surface area contributed by atoms with Crippen molar-refractivity contribution in [2.75, 3.05) is 0 Å². The highest BCUT2D eigenvalue weighted by Gasteiger charge is 1.84. The van der Waals surface area contributed by atoms with Crippen LogP contribution in [-0.4, -0.2) is 10.8 Å². The van der Waals surface area contributed by atoms with Crippen molar-refractivity contribution in [3.63, 3.8) is 0 Å². The van der Waals surface area contributed by atoms with Gasteiger partial charge >= 0.3 is 0 Å². The highest BCUT2D eigenvalue weighted by Crippen LogP contribution is 2.06. The molecule has 0 atom stereocenters. The number of nitrogens with two attached hydrogens (primary N) is 1. The zero-order valence-electron chi connectivity index (χ0n) is 5.78. The summed E-state index contributed by atoms with van der Waals surface area (Å²) in [5.41, 5.74) is 6.20. The molecule has 0 bridgehead atoms. The molecule has 2 N–H and O–H groups in total. The Morgan fingerprint density at radius 2 is 2.10 bits per heavy atom. The molecular weight excluding hydrogens is 126 g/mol. The van der Waals surface area contributed by atoms with Gasteiger partial charge in [0.1, 0.15) is 0 Å². The molecule has 0 saturated carbocycles. The highest BCUT2D eigenvalue weighted by molar-refractivity contribution is 5.80. The van der Waals surface area contributed by atoms with E-state index in [0.717, 1.165) is 5.69 Å². The summed E-state index contributed by atoms with van der Waals surface area (Å²) in [6.07, 6.45) is 3.36. The molecule has 52 valence electrons. The summed E-state index contributed by atoms with van der Waals surface area (Å²) in [6, 6.07) is 3.60. The van der Waals surface area contributed by atoms with Gasteiger partial charge in [0.25, 0.3) is 0 Å². The maximum Gasteiger partial charge on any atom is 0.0964 e. The second-order valence-electron chi connectivity index (χ2n) is 1.96. The summed E-state index contributed by atoms with van der Waals surface area (Å²) >= 11 is 0. The van der Waals surface area contributed by atoms with Gasteiger partial charge in [-0.25, -0.2) is 4.99 Å². The number of pyridine rings is 1. The fourth-order valence-electron chi connectivity index (χ4n) is 0.622. The average molecular weight is 135 g/mol. The van der Waals surface area contributed by atoms with E-state index in [2.05, 4.69) is 9.98 Å². The minimum atomic E-state index is 0.561. The van der Waals surface area contributed by atoms with Gasteiger partial charge < -0.3 is 5.73 Å². The molecule has 0 aliphatic rings. The van der Waals surface area contributed by atoms with Crippen molar-refractivity contribution in [2.45, 2.75) is 6.92 Å². The van der Waals surface area contributed by atoms with Gasteiger partial charge in [0.15, 0.2) is 0 Å². The van der Waals surface area contributed by atoms with Crippen LogP contribution in [0.15, 0.2) is 29.5 Å². The highest BCUT2D eigenvalue weighted by atomic mass is 14.8. The number of hydrogen-bond donors (Lipinski definition) is 1. The normalized spacial score (nSPS) is 11.5. The lowest BCUT2D eigenvalue weighted by atomic mass is 10.4. The molecule has 3 nitrogen and oxygen atoms in total.